The van der Waals surface area contributed by atoms with Crippen molar-refractivity contribution < 1.29 is 19.4 Å². The largest absolute Gasteiger partial charge is 0.494 e. The van der Waals surface area contributed by atoms with Gasteiger partial charge in [0.1, 0.15) is 5.75 Å². The molecule has 146 valence electrons. The highest BCUT2D eigenvalue weighted by molar-refractivity contribution is 7.80. The average Bonchev–Trinajstić information content (AvgIpc) is 2.66. The van der Waals surface area contributed by atoms with Gasteiger partial charge in [-0.3, -0.25) is 30.3 Å². The Balaban J connectivity index is 2.11. The Labute approximate surface area is 164 Å². The first-order valence-corrected chi connectivity index (χ1v) is 8.50. The maximum atomic E-state index is 12.3. The van der Waals surface area contributed by atoms with Gasteiger partial charge in [-0.05, 0) is 30.8 Å². The van der Waals surface area contributed by atoms with Gasteiger partial charge >= 0.3 is 0 Å². The van der Waals surface area contributed by atoms with Crippen LogP contribution < -0.4 is 15.4 Å². The Hall–Kier alpha value is -3.60. The number of nitro benzene ring substituents is 2. The van der Waals surface area contributed by atoms with Crippen LogP contribution in [0.2, 0.25) is 0 Å². The van der Waals surface area contributed by atoms with Crippen molar-refractivity contribution in [2.75, 3.05) is 11.9 Å². The van der Waals surface area contributed by atoms with Crippen molar-refractivity contribution in [2.24, 2.45) is 0 Å². The number of thiocarbonyl (C=S) groups is 1. The lowest BCUT2D eigenvalue weighted by Crippen LogP contribution is -2.34. The minimum atomic E-state index is -0.817. The van der Waals surface area contributed by atoms with Gasteiger partial charge in [-0.25, -0.2) is 0 Å². The number of nitrogens with one attached hydrogen (secondary N) is 2. The summed E-state index contributed by atoms with van der Waals surface area (Å²) in [5, 5.41) is 26.9. The zero-order chi connectivity index (χ0) is 20.7. The number of anilines is 1. The van der Waals surface area contributed by atoms with Crippen LogP contribution in [0.4, 0.5) is 17.1 Å². The summed E-state index contributed by atoms with van der Waals surface area (Å²) in [6.45, 7) is 2.53. The van der Waals surface area contributed by atoms with Gasteiger partial charge in [0.2, 0.25) is 0 Å². The summed E-state index contributed by atoms with van der Waals surface area (Å²) in [6.07, 6.45) is 0.849. The van der Waals surface area contributed by atoms with Gasteiger partial charge in [0.05, 0.1) is 28.1 Å². The lowest BCUT2D eigenvalue weighted by Gasteiger charge is -2.11. The fraction of sp³-hybridized carbons (Fsp3) is 0.176. The zero-order valence-corrected chi connectivity index (χ0v) is 15.5. The number of rotatable bonds is 7. The van der Waals surface area contributed by atoms with Crippen LogP contribution in [0.1, 0.15) is 23.7 Å². The molecule has 0 bridgehead atoms. The normalized spacial score (nSPS) is 10.0. The van der Waals surface area contributed by atoms with Crippen molar-refractivity contribution in [1.29, 1.82) is 0 Å². The van der Waals surface area contributed by atoms with E-state index in [0.717, 1.165) is 24.6 Å². The summed E-state index contributed by atoms with van der Waals surface area (Å²) in [5.41, 5.74) is -0.841. The minimum absolute atomic E-state index is 0.0770. The van der Waals surface area contributed by atoms with Gasteiger partial charge in [-0.1, -0.05) is 13.0 Å². The average molecular weight is 404 g/mol. The molecular formula is C17H16N4O6S. The maximum Gasteiger partial charge on any atom is 0.277 e. The van der Waals surface area contributed by atoms with Crippen LogP contribution in [0.25, 0.3) is 0 Å². The summed E-state index contributed by atoms with van der Waals surface area (Å²) in [4.78, 5) is 32.5. The molecule has 2 rings (SSSR count). The summed E-state index contributed by atoms with van der Waals surface area (Å²) in [5.74, 6) is -0.196. The molecule has 0 spiro atoms. The molecule has 2 aromatic rings. The summed E-state index contributed by atoms with van der Waals surface area (Å²) in [7, 11) is 0. The van der Waals surface area contributed by atoms with E-state index in [4.69, 9.17) is 17.0 Å². The molecule has 0 aliphatic heterocycles. The van der Waals surface area contributed by atoms with Crippen molar-refractivity contribution in [1.82, 2.24) is 5.32 Å². The molecule has 0 fully saturated rings. The zero-order valence-electron chi connectivity index (χ0n) is 14.7. The van der Waals surface area contributed by atoms with Crippen LogP contribution in [0, 0.1) is 20.2 Å². The van der Waals surface area contributed by atoms with Gasteiger partial charge in [-0.15, -0.1) is 0 Å². The first-order chi connectivity index (χ1) is 13.3. The summed E-state index contributed by atoms with van der Waals surface area (Å²) in [6, 6.07) is 9.54. The number of nitro groups is 2. The second-order valence-corrected chi connectivity index (χ2v) is 5.95. The van der Waals surface area contributed by atoms with E-state index < -0.39 is 27.1 Å². The van der Waals surface area contributed by atoms with Crippen molar-refractivity contribution in [3.63, 3.8) is 0 Å². The van der Waals surface area contributed by atoms with Gasteiger partial charge in [0.15, 0.2) is 5.11 Å². The van der Waals surface area contributed by atoms with Crippen LogP contribution in [0.3, 0.4) is 0 Å². The van der Waals surface area contributed by atoms with Gasteiger partial charge < -0.3 is 10.1 Å². The van der Waals surface area contributed by atoms with E-state index >= 15 is 0 Å². The molecule has 0 radical (unpaired) electrons. The Bertz CT molecular complexity index is 901. The van der Waals surface area contributed by atoms with E-state index in [1.54, 1.807) is 24.3 Å². The van der Waals surface area contributed by atoms with E-state index in [0.29, 0.717) is 18.0 Å². The van der Waals surface area contributed by atoms with Crippen LogP contribution in [-0.2, 0) is 0 Å². The van der Waals surface area contributed by atoms with Crippen LogP contribution in [0.5, 0.6) is 5.75 Å². The number of amides is 1. The SMILES string of the molecule is CCCOc1cccc(NC(=S)NC(=O)c2cc([N+](=O)[O-])cc([N+](=O)[O-])c2)c1. The Morgan fingerprint density at radius 2 is 1.75 bits per heavy atom. The Morgan fingerprint density at radius 3 is 2.32 bits per heavy atom. The number of hydrogen-bond donors (Lipinski definition) is 2. The summed E-state index contributed by atoms with van der Waals surface area (Å²) < 4.78 is 5.50. The molecule has 11 heteroatoms. The first-order valence-electron chi connectivity index (χ1n) is 8.09. The highest BCUT2D eigenvalue weighted by atomic mass is 32.1. The van der Waals surface area contributed by atoms with Crippen molar-refractivity contribution in [3.8, 4) is 5.75 Å². The first kappa shape index (κ1) is 20.7. The predicted molar refractivity (Wildman–Crippen MR) is 106 cm³/mol. The van der Waals surface area contributed by atoms with Crippen LogP contribution in [0.15, 0.2) is 42.5 Å². The maximum absolute atomic E-state index is 12.3. The summed E-state index contributed by atoms with van der Waals surface area (Å²) >= 11 is 5.06. The number of carbonyl (C=O) groups is 1. The van der Waals surface area contributed by atoms with E-state index in [1.807, 2.05) is 6.92 Å². The highest BCUT2D eigenvalue weighted by Crippen LogP contribution is 2.23. The number of ether oxygens (including phenoxy) is 1. The Kier molecular flexibility index (Phi) is 6.93. The monoisotopic (exact) mass is 404 g/mol. The van der Waals surface area contributed by atoms with E-state index in [-0.39, 0.29) is 10.7 Å². The second kappa shape index (κ2) is 9.37. The number of nitrogens with zero attached hydrogens (tertiary/aromatic N) is 2. The molecule has 1 amide bonds. The van der Waals surface area contributed by atoms with Crippen LogP contribution in [-0.4, -0.2) is 27.5 Å². The number of non-ortho nitro benzene ring substituents is 2. The number of benzene rings is 2. The molecule has 0 heterocycles. The molecule has 0 saturated carbocycles. The molecule has 0 aromatic heterocycles. The molecule has 2 aromatic carbocycles. The molecule has 0 unspecified atom stereocenters. The topological polar surface area (TPSA) is 137 Å². The van der Waals surface area contributed by atoms with E-state index in [1.165, 1.54) is 0 Å². The van der Waals surface area contributed by atoms with Gasteiger partial charge in [-0.2, -0.15) is 0 Å². The standard InChI is InChI=1S/C17H16N4O6S/c1-2-6-27-15-5-3-4-12(9-15)18-17(28)19-16(22)11-7-13(20(23)24)10-14(8-11)21(25)26/h3-5,7-10H,2,6H2,1H3,(H2,18,19,22,28). The number of hydrogen-bond acceptors (Lipinski definition) is 7. The Morgan fingerprint density at radius 1 is 1.11 bits per heavy atom. The lowest BCUT2D eigenvalue weighted by molar-refractivity contribution is -0.394. The molecule has 0 aliphatic carbocycles. The lowest BCUT2D eigenvalue weighted by atomic mass is 10.1. The molecule has 10 nitrogen and oxygen atoms in total. The third-order valence-electron chi connectivity index (χ3n) is 3.38. The van der Waals surface area contributed by atoms with Crippen LogP contribution >= 0.6 is 12.2 Å². The van der Waals surface area contributed by atoms with E-state index in [9.17, 15) is 25.0 Å². The third kappa shape index (κ3) is 5.71. The molecule has 0 aliphatic rings. The second-order valence-electron chi connectivity index (χ2n) is 5.54. The predicted octanol–water partition coefficient (Wildman–Crippen LogP) is 3.42. The van der Waals surface area contributed by atoms with Crippen molar-refractivity contribution in [2.45, 2.75) is 13.3 Å². The molecule has 0 saturated heterocycles. The molecule has 28 heavy (non-hydrogen) atoms. The van der Waals surface area contributed by atoms with Crippen molar-refractivity contribution >= 4 is 40.3 Å². The molecular weight excluding hydrogens is 388 g/mol. The number of carbonyl (C=O) groups excluding carboxylic acids is 1. The molecule has 2 N–H and O–H groups in total. The fourth-order valence-electron chi connectivity index (χ4n) is 2.16. The van der Waals surface area contributed by atoms with Gasteiger partial charge in [0, 0.05) is 23.9 Å². The van der Waals surface area contributed by atoms with E-state index in [2.05, 4.69) is 10.6 Å². The fourth-order valence-corrected chi connectivity index (χ4v) is 2.37. The highest BCUT2D eigenvalue weighted by Gasteiger charge is 2.20. The third-order valence-corrected chi connectivity index (χ3v) is 3.58. The quantitative estimate of drug-likeness (QED) is 0.407. The smallest absolute Gasteiger partial charge is 0.277 e. The van der Waals surface area contributed by atoms with Crippen molar-refractivity contribution in [3.05, 3.63) is 68.3 Å². The minimum Gasteiger partial charge on any atom is -0.494 e. The van der Waals surface area contributed by atoms with Gasteiger partial charge in [0.25, 0.3) is 17.3 Å². The molecule has 0 atom stereocenters.